The monoisotopic (exact) mass is 277 g/mol. The molecule has 0 unspecified atom stereocenters. The average molecular weight is 277 g/mol. The smallest absolute Gasteiger partial charge is 0.227 e. The molecule has 0 saturated carbocycles. The van der Waals surface area contributed by atoms with Crippen molar-refractivity contribution in [3.63, 3.8) is 0 Å². The minimum absolute atomic E-state index is 0.688. The highest BCUT2D eigenvalue weighted by atomic mass is 16.3. The number of anilines is 1. The van der Waals surface area contributed by atoms with E-state index in [1.165, 1.54) is 0 Å². The molecular formula is C17H15N3O. The van der Waals surface area contributed by atoms with Crippen LogP contribution in [-0.4, -0.2) is 16.9 Å². The molecule has 4 nitrogen and oxygen atoms in total. The molecule has 2 radical (unpaired) electrons. The molecule has 104 valence electrons. The first-order valence-electron chi connectivity index (χ1n) is 6.89. The summed E-state index contributed by atoms with van der Waals surface area (Å²) in [4.78, 5) is 8.35. The predicted octanol–water partition coefficient (Wildman–Crippen LogP) is 3.82. The number of pyridine rings is 1. The minimum Gasteiger partial charge on any atom is -0.435 e. The Morgan fingerprint density at radius 3 is 2.62 bits per heavy atom. The van der Waals surface area contributed by atoms with Crippen molar-refractivity contribution in [1.82, 2.24) is 9.88 Å². The van der Waals surface area contributed by atoms with Gasteiger partial charge in [0.1, 0.15) is 0 Å². The van der Waals surface area contributed by atoms with Crippen molar-refractivity contribution in [2.45, 2.75) is 13.8 Å². The van der Waals surface area contributed by atoms with Gasteiger partial charge in [-0.15, -0.1) is 0 Å². The van der Waals surface area contributed by atoms with Crippen molar-refractivity contribution < 1.29 is 4.42 Å². The minimum atomic E-state index is 0.688. The maximum absolute atomic E-state index is 6.05. The van der Waals surface area contributed by atoms with Crippen LogP contribution in [0, 0.1) is 20.5 Å². The van der Waals surface area contributed by atoms with Gasteiger partial charge in [-0.05, 0) is 31.5 Å². The van der Waals surface area contributed by atoms with E-state index in [1.54, 1.807) is 0 Å². The lowest BCUT2D eigenvalue weighted by atomic mass is 10.1. The molecular weight excluding hydrogens is 262 g/mol. The molecule has 0 aliphatic carbocycles. The van der Waals surface area contributed by atoms with E-state index in [1.807, 2.05) is 42.2 Å². The normalized spacial score (nSPS) is 14.8. The topological polar surface area (TPSA) is 32.5 Å². The molecule has 4 rings (SSSR count). The highest BCUT2D eigenvalue weighted by Crippen LogP contribution is 2.38. The highest BCUT2D eigenvalue weighted by Gasteiger charge is 2.21. The predicted molar refractivity (Wildman–Crippen MR) is 83.6 cm³/mol. The molecule has 21 heavy (non-hydrogen) atoms. The van der Waals surface area contributed by atoms with Crippen molar-refractivity contribution >= 4 is 27.8 Å². The van der Waals surface area contributed by atoms with Crippen LogP contribution in [0.4, 0.5) is 5.69 Å². The number of nitrogens with zero attached hydrogens (tertiary/aromatic N) is 3. The lowest BCUT2D eigenvalue weighted by molar-refractivity contribution is 0.573. The summed E-state index contributed by atoms with van der Waals surface area (Å²) < 4.78 is 6.05. The first-order valence-corrected chi connectivity index (χ1v) is 6.89. The third-order valence-corrected chi connectivity index (χ3v) is 3.77. The van der Waals surface area contributed by atoms with Gasteiger partial charge in [-0.25, -0.2) is 4.98 Å². The van der Waals surface area contributed by atoms with Crippen LogP contribution in [-0.2, 0) is 0 Å². The van der Waals surface area contributed by atoms with E-state index in [9.17, 15) is 0 Å². The van der Waals surface area contributed by atoms with Gasteiger partial charge in [0.2, 0.25) is 12.4 Å². The number of aryl methyl sites for hydroxylation is 2. The third kappa shape index (κ3) is 1.79. The Labute approximate surface area is 123 Å². The molecule has 0 fully saturated rings. The van der Waals surface area contributed by atoms with Crippen LogP contribution < -0.4 is 4.90 Å². The SMILES string of the molecule is Cc1ccc2c(n1)oc1c(N3[C]N(C)C=C3)c(C)ccc12. The van der Waals surface area contributed by atoms with E-state index >= 15 is 0 Å². The first kappa shape index (κ1) is 12.3. The van der Waals surface area contributed by atoms with Crippen LogP contribution in [0.5, 0.6) is 0 Å². The van der Waals surface area contributed by atoms with Crippen molar-refractivity contribution in [3.8, 4) is 0 Å². The van der Waals surface area contributed by atoms with Gasteiger partial charge < -0.3 is 14.2 Å². The van der Waals surface area contributed by atoms with E-state index in [2.05, 4.69) is 36.8 Å². The Bertz CT molecular complexity index is 878. The Morgan fingerprint density at radius 1 is 1.05 bits per heavy atom. The fourth-order valence-corrected chi connectivity index (χ4v) is 2.72. The fraction of sp³-hybridized carbons (Fsp3) is 0.176. The second-order valence-corrected chi connectivity index (χ2v) is 5.39. The molecule has 0 N–H and O–H groups in total. The van der Waals surface area contributed by atoms with Gasteiger partial charge in [0.25, 0.3) is 0 Å². The summed E-state index contributed by atoms with van der Waals surface area (Å²) in [5.41, 5.74) is 4.66. The zero-order chi connectivity index (χ0) is 14.6. The van der Waals surface area contributed by atoms with E-state index < -0.39 is 0 Å². The summed E-state index contributed by atoms with van der Waals surface area (Å²) in [7, 11) is 1.95. The Kier molecular flexibility index (Phi) is 2.48. The maximum atomic E-state index is 6.05. The quantitative estimate of drug-likeness (QED) is 0.677. The number of rotatable bonds is 1. The van der Waals surface area contributed by atoms with Gasteiger partial charge in [-0.1, -0.05) is 12.1 Å². The number of hydrogen-bond acceptors (Lipinski definition) is 4. The van der Waals surface area contributed by atoms with E-state index in [4.69, 9.17) is 4.42 Å². The van der Waals surface area contributed by atoms with E-state index in [-0.39, 0.29) is 0 Å². The van der Waals surface area contributed by atoms with Crippen LogP contribution in [0.1, 0.15) is 11.3 Å². The number of hydrogen-bond donors (Lipinski definition) is 0. The van der Waals surface area contributed by atoms with Crippen LogP contribution in [0.25, 0.3) is 22.1 Å². The van der Waals surface area contributed by atoms with Gasteiger partial charge in [-0.2, -0.15) is 0 Å². The molecule has 0 amide bonds. The van der Waals surface area contributed by atoms with Gasteiger partial charge in [0.05, 0.1) is 5.69 Å². The Balaban J connectivity index is 2.03. The fourth-order valence-electron chi connectivity index (χ4n) is 2.72. The third-order valence-electron chi connectivity index (χ3n) is 3.77. The second-order valence-electron chi connectivity index (χ2n) is 5.39. The molecule has 3 aromatic rings. The van der Waals surface area contributed by atoms with Crippen molar-refractivity contribution in [2.24, 2.45) is 0 Å². The van der Waals surface area contributed by atoms with Crippen molar-refractivity contribution in [1.29, 1.82) is 0 Å². The summed E-state index contributed by atoms with van der Waals surface area (Å²) in [6.45, 7) is 7.28. The Morgan fingerprint density at radius 2 is 1.86 bits per heavy atom. The van der Waals surface area contributed by atoms with Gasteiger partial charge in [0, 0.05) is 35.9 Å². The average Bonchev–Trinajstić information content (AvgIpc) is 3.01. The molecule has 0 saturated heterocycles. The molecule has 4 heteroatoms. The summed E-state index contributed by atoms with van der Waals surface area (Å²) in [6.07, 6.45) is 3.94. The van der Waals surface area contributed by atoms with Crippen LogP contribution in [0.2, 0.25) is 0 Å². The molecule has 0 spiro atoms. The first-order chi connectivity index (χ1) is 10.1. The van der Waals surface area contributed by atoms with Gasteiger partial charge in [0.15, 0.2) is 5.58 Å². The standard InChI is InChI=1S/C17H15N3O/c1-11-4-6-13-14-7-5-12(2)18-17(14)21-16(13)15(11)20-9-8-19(3)10-20/h4-9H,1-3H3. The lowest BCUT2D eigenvalue weighted by Gasteiger charge is -2.18. The van der Waals surface area contributed by atoms with Crippen LogP contribution in [0.3, 0.4) is 0 Å². The lowest BCUT2D eigenvalue weighted by Crippen LogP contribution is -2.16. The Hall–Kier alpha value is -2.49. The van der Waals surface area contributed by atoms with Crippen molar-refractivity contribution in [3.05, 3.63) is 54.6 Å². The second kappa shape index (κ2) is 4.25. The maximum Gasteiger partial charge on any atom is 0.227 e. The molecule has 1 aliphatic heterocycles. The largest absolute Gasteiger partial charge is 0.435 e. The molecule has 0 atom stereocenters. The van der Waals surface area contributed by atoms with Gasteiger partial charge >= 0.3 is 0 Å². The number of aromatic nitrogens is 1. The highest BCUT2D eigenvalue weighted by molar-refractivity contribution is 6.08. The molecule has 0 bridgehead atoms. The summed E-state index contributed by atoms with van der Waals surface area (Å²) in [6, 6.07) is 8.29. The van der Waals surface area contributed by atoms with Gasteiger partial charge in [-0.3, -0.25) is 0 Å². The van der Waals surface area contributed by atoms with E-state index in [0.717, 1.165) is 33.3 Å². The van der Waals surface area contributed by atoms with Crippen molar-refractivity contribution in [2.75, 3.05) is 11.9 Å². The molecule has 1 aromatic carbocycles. The van der Waals surface area contributed by atoms with Crippen LogP contribution in [0.15, 0.2) is 41.1 Å². The zero-order valence-corrected chi connectivity index (χ0v) is 12.2. The zero-order valence-electron chi connectivity index (χ0n) is 12.2. The molecule has 1 aliphatic rings. The van der Waals surface area contributed by atoms with Crippen LogP contribution >= 0.6 is 0 Å². The number of benzene rings is 1. The summed E-state index contributed by atoms with van der Waals surface area (Å²) in [5, 5.41) is 2.14. The molecule has 3 heterocycles. The van der Waals surface area contributed by atoms with E-state index in [0.29, 0.717) is 5.71 Å². The molecule has 2 aromatic heterocycles. The summed E-state index contributed by atoms with van der Waals surface area (Å²) in [5.74, 6) is 0. The summed E-state index contributed by atoms with van der Waals surface area (Å²) >= 11 is 0. The number of fused-ring (bicyclic) bond motifs is 3. The number of furan rings is 1.